The first-order valence-electron chi connectivity index (χ1n) is 3.18. The molecule has 0 saturated heterocycles. The van der Waals surface area contributed by atoms with E-state index in [4.69, 9.17) is 0 Å². The van der Waals surface area contributed by atoms with Crippen LogP contribution in [0.1, 0.15) is 5.56 Å². The predicted molar refractivity (Wildman–Crippen MR) is 46.5 cm³/mol. The van der Waals surface area contributed by atoms with E-state index in [1.165, 1.54) is 0 Å². The van der Waals surface area contributed by atoms with Crippen LogP contribution in [-0.4, -0.2) is 5.09 Å². The third-order valence-corrected chi connectivity index (χ3v) is 2.25. The molecule has 0 fully saturated rings. The van der Waals surface area contributed by atoms with Gasteiger partial charge in [0.2, 0.25) is 0 Å². The highest BCUT2D eigenvalue weighted by atomic mass is 79.9. The summed E-state index contributed by atoms with van der Waals surface area (Å²) in [5, 5.41) is 9.18. The van der Waals surface area contributed by atoms with Crippen LogP contribution in [0.4, 0.5) is 0 Å². The number of benzene rings is 1. The highest BCUT2D eigenvalue weighted by molar-refractivity contribution is 9.10. The molecule has 5 heteroatoms. The Labute approximate surface area is 77.4 Å². The van der Waals surface area contributed by atoms with Crippen LogP contribution in [0, 0.1) is 17.0 Å². The van der Waals surface area contributed by atoms with Gasteiger partial charge in [-0.2, -0.15) is 0 Å². The molecule has 4 nitrogen and oxygen atoms in total. The lowest BCUT2D eigenvalue weighted by molar-refractivity contribution is -0.711. The fourth-order valence-corrected chi connectivity index (χ4v) is 1.11. The lowest BCUT2D eigenvalue weighted by Gasteiger charge is -2.03. The van der Waals surface area contributed by atoms with Crippen LogP contribution in [0.2, 0.25) is 0 Å². The van der Waals surface area contributed by atoms with Crippen LogP contribution in [0.25, 0.3) is 0 Å². The van der Waals surface area contributed by atoms with Crippen LogP contribution < -0.4 is 4.84 Å². The van der Waals surface area contributed by atoms with E-state index >= 15 is 0 Å². The van der Waals surface area contributed by atoms with Gasteiger partial charge in [0, 0.05) is 4.47 Å². The second kappa shape index (κ2) is 3.53. The minimum atomic E-state index is -0.825. The molecule has 1 rings (SSSR count). The number of hydrogen-bond acceptors (Lipinski definition) is 3. The molecule has 64 valence electrons. The van der Waals surface area contributed by atoms with Crippen molar-refractivity contribution in [3.05, 3.63) is 38.3 Å². The second-order valence-corrected chi connectivity index (χ2v) is 3.03. The molecule has 0 amide bonds. The van der Waals surface area contributed by atoms with Crippen LogP contribution >= 0.6 is 15.9 Å². The summed E-state index contributed by atoms with van der Waals surface area (Å²) in [5.41, 5.74) is 0.717. The second-order valence-electron chi connectivity index (χ2n) is 2.18. The van der Waals surface area contributed by atoms with E-state index < -0.39 is 5.09 Å². The zero-order valence-electron chi connectivity index (χ0n) is 6.28. The first-order chi connectivity index (χ1) is 5.61. The fraction of sp³-hybridized carbons (Fsp3) is 0.143. The molecular formula is C7H6BrNO3. The maximum Gasteiger partial charge on any atom is 0.299 e. The molecule has 0 atom stereocenters. The largest absolute Gasteiger partial charge is 0.299 e. The summed E-state index contributed by atoms with van der Waals surface area (Å²) in [4.78, 5) is 14.3. The molecule has 1 aromatic carbocycles. The van der Waals surface area contributed by atoms with E-state index in [1.807, 2.05) is 0 Å². The molecular weight excluding hydrogens is 226 g/mol. The molecule has 0 radical (unpaired) electrons. The maximum absolute atomic E-state index is 10.0. The minimum absolute atomic E-state index is 0.259. The normalized spacial score (nSPS) is 9.50. The molecule has 0 spiro atoms. The summed E-state index contributed by atoms with van der Waals surface area (Å²) in [5.74, 6) is 0.259. The van der Waals surface area contributed by atoms with Gasteiger partial charge in [0.1, 0.15) is 5.75 Å². The molecule has 0 unspecified atom stereocenters. The summed E-state index contributed by atoms with van der Waals surface area (Å²) in [6.07, 6.45) is 0. The van der Waals surface area contributed by atoms with Gasteiger partial charge in [-0.1, -0.05) is 22.0 Å². The maximum atomic E-state index is 10.0. The van der Waals surface area contributed by atoms with E-state index in [9.17, 15) is 10.1 Å². The Kier molecular flexibility index (Phi) is 2.65. The highest BCUT2D eigenvalue weighted by Gasteiger charge is 2.04. The summed E-state index contributed by atoms with van der Waals surface area (Å²) < 4.78 is 0.793. The summed E-state index contributed by atoms with van der Waals surface area (Å²) in [6, 6.07) is 5.01. The van der Waals surface area contributed by atoms with Gasteiger partial charge in [-0.15, -0.1) is 10.1 Å². The van der Waals surface area contributed by atoms with Gasteiger partial charge in [0.15, 0.2) is 0 Å². The average molecular weight is 232 g/mol. The Morgan fingerprint density at radius 1 is 1.58 bits per heavy atom. The highest BCUT2D eigenvalue weighted by Crippen LogP contribution is 2.25. The van der Waals surface area contributed by atoms with Crippen molar-refractivity contribution in [3.8, 4) is 5.75 Å². The molecule has 0 bridgehead atoms. The van der Waals surface area contributed by atoms with Gasteiger partial charge in [-0.05, 0) is 24.6 Å². The molecule has 0 saturated carbocycles. The Hall–Kier alpha value is -1.10. The van der Waals surface area contributed by atoms with Crippen molar-refractivity contribution in [2.45, 2.75) is 6.92 Å². The Bertz CT molecular complexity index is 314. The van der Waals surface area contributed by atoms with E-state index in [0.717, 1.165) is 4.47 Å². The van der Waals surface area contributed by atoms with Crippen LogP contribution in [0.3, 0.4) is 0 Å². The SMILES string of the molecule is Cc1c(Br)cccc1O[N+](=O)[O-]. The number of halogens is 1. The van der Waals surface area contributed by atoms with Crippen molar-refractivity contribution < 1.29 is 9.92 Å². The van der Waals surface area contributed by atoms with Gasteiger partial charge < -0.3 is 0 Å². The van der Waals surface area contributed by atoms with Crippen LogP contribution in [0.5, 0.6) is 5.75 Å². The Morgan fingerprint density at radius 3 is 2.83 bits per heavy atom. The summed E-state index contributed by atoms with van der Waals surface area (Å²) in [7, 11) is 0. The topological polar surface area (TPSA) is 52.4 Å². The number of rotatable bonds is 2. The summed E-state index contributed by atoms with van der Waals surface area (Å²) >= 11 is 3.23. The van der Waals surface area contributed by atoms with Gasteiger partial charge >= 0.3 is 0 Å². The van der Waals surface area contributed by atoms with E-state index in [1.54, 1.807) is 25.1 Å². The first kappa shape index (κ1) is 8.99. The van der Waals surface area contributed by atoms with Crippen molar-refractivity contribution in [3.63, 3.8) is 0 Å². The van der Waals surface area contributed by atoms with Gasteiger partial charge in [-0.25, -0.2) is 0 Å². The molecule has 12 heavy (non-hydrogen) atoms. The standard InChI is InChI=1S/C7H6BrNO3/c1-5-6(8)3-2-4-7(5)12-9(10)11/h2-4H,1H3. The Morgan fingerprint density at radius 2 is 2.25 bits per heavy atom. The first-order valence-corrected chi connectivity index (χ1v) is 3.98. The lowest BCUT2D eigenvalue weighted by Crippen LogP contribution is -2.04. The van der Waals surface area contributed by atoms with Crippen LogP contribution in [0.15, 0.2) is 22.7 Å². The number of hydrogen-bond donors (Lipinski definition) is 0. The molecule has 0 aliphatic carbocycles. The third kappa shape index (κ3) is 1.94. The monoisotopic (exact) mass is 231 g/mol. The van der Waals surface area contributed by atoms with Crippen molar-refractivity contribution in [2.24, 2.45) is 0 Å². The van der Waals surface area contributed by atoms with Gasteiger partial charge in [0.05, 0.1) is 0 Å². The van der Waals surface area contributed by atoms with E-state index in [0.29, 0.717) is 5.56 Å². The minimum Gasteiger partial charge on any atom is -0.276 e. The molecule has 0 aromatic heterocycles. The molecule has 0 aliphatic heterocycles. The van der Waals surface area contributed by atoms with Gasteiger partial charge in [0.25, 0.3) is 5.09 Å². The zero-order chi connectivity index (χ0) is 9.14. The zero-order valence-corrected chi connectivity index (χ0v) is 7.87. The van der Waals surface area contributed by atoms with Crippen molar-refractivity contribution >= 4 is 15.9 Å². The molecule has 0 N–H and O–H groups in total. The summed E-state index contributed by atoms with van der Waals surface area (Å²) in [6.45, 7) is 1.74. The van der Waals surface area contributed by atoms with Crippen molar-refractivity contribution in [1.82, 2.24) is 0 Å². The van der Waals surface area contributed by atoms with E-state index in [-0.39, 0.29) is 5.75 Å². The predicted octanol–water partition coefficient (Wildman–Crippen LogP) is 2.33. The lowest BCUT2D eigenvalue weighted by atomic mass is 10.2. The average Bonchev–Trinajstić information content (AvgIpc) is 1.98. The third-order valence-electron chi connectivity index (χ3n) is 1.39. The quantitative estimate of drug-likeness (QED) is 0.580. The fourth-order valence-electron chi connectivity index (χ4n) is 0.767. The smallest absolute Gasteiger partial charge is 0.276 e. The van der Waals surface area contributed by atoms with Crippen LogP contribution in [-0.2, 0) is 0 Å². The van der Waals surface area contributed by atoms with E-state index in [2.05, 4.69) is 20.8 Å². The number of nitrogens with zero attached hydrogens (tertiary/aromatic N) is 1. The Balaban J connectivity index is 3.00. The van der Waals surface area contributed by atoms with Gasteiger partial charge in [-0.3, -0.25) is 4.84 Å². The molecule has 0 heterocycles. The molecule has 0 aliphatic rings. The van der Waals surface area contributed by atoms with Crippen molar-refractivity contribution in [2.75, 3.05) is 0 Å². The van der Waals surface area contributed by atoms with Crippen molar-refractivity contribution in [1.29, 1.82) is 0 Å². The molecule has 1 aromatic rings.